The van der Waals surface area contributed by atoms with Crippen molar-refractivity contribution in [2.45, 2.75) is 36.6 Å². The lowest BCUT2D eigenvalue weighted by atomic mass is 10.0. The Bertz CT molecular complexity index is 1250. The molecule has 1 aliphatic heterocycles. The second-order valence-electron chi connectivity index (χ2n) is 7.83. The molecule has 0 spiro atoms. The minimum absolute atomic E-state index is 0.150. The summed E-state index contributed by atoms with van der Waals surface area (Å²) >= 11 is 5.89. The molecule has 2 aliphatic rings. The van der Waals surface area contributed by atoms with E-state index in [1.807, 2.05) is 18.2 Å². The molecule has 5 rings (SSSR count). The van der Waals surface area contributed by atoms with Crippen molar-refractivity contribution in [1.82, 2.24) is 4.31 Å². The van der Waals surface area contributed by atoms with Crippen LogP contribution in [0.25, 0.3) is 10.8 Å². The lowest BCUT2D eigenvalue weighted by Crippen LogP contribution is -2.43. The van der Waals surface area contributed by atoms with Gasteiger partial charge in [-0.15, -0.1) is 0 Å². The molecule has 5 nitrogen and oxygen atoms in total. The summed E-state index contributed by atoms with van der Waals surface area (Å²) in [6.07, 6.45) is 3.17. The molecule has 7 heteroatoms. The number of amides is 1. The first-order chi connectivity index (χ1) is 14.4. The van der Waals surface area contributed by atoms with Crippen LogP contribution in [0.2, 0.25) is 5.02 Å². The highest BCUT2D eigenvalue weighted by Gasteiger charge is 2.39. The van der Waals surface area contributed by atoms with E-state index in [0.29, 0.717) is 24.4 Å². The maximum Gasteiger partial charge on any atom is 0.243 e. The molecule has 3 aromatic rings. The number of anilines is 1. The second kappa shape index (κ2) is 7.38. The van der Waals surface area contributed by atoms with E-state index in [2.05, 4.69) is 17.4 Å². The van der Waals surface area contributed by atoms with Crippen LogP contribution in [0.15, 0.2) is 59.5 Å². The molecular weight excluding hydrogens is 420 g/mol. The molecule has 1 atom stereocenters. The summed E-state index contributed by atoms with van der Waals surface area (Å²) in [6, 6.07) is 15.5. The largest absolute Gasteiger partial charge is 0.324 e. The van der Waals surface area contributed by atoms with Crippen molar-refractivity contribution in [2.75, 3.05) is 11.9 Å². The average molecular weight is 441 g/mol. The van der Waals surface area contributed by atoms with E-state index >= 15 is 0 Å². The molecular formula is C23H21ClN2O3S. The van der Waals surface area contributed by atoms with Crippen molar-refractivity contribution in [1.29, 1.82) is 0 Å². The number of halogens is 1. The summed E-state index contributed by atoms with van der Waals surface area (Å²) < 4.78 is 27.6. The Balaban J connectivity index is 1.44. The maximum absolute atomic E-state index is 13.1. The standard InChI is InChI=1S/C23H21ClN2O3S/c24-17-9-11-18(12-10-17)30(28,29)26-14-2-5-21(26)23(27)25-20-13-8-16-7-6-15-3-1-4-19(20)22(15)16/h1,3-4,8-13,21H,2,5-7,14H2,(H,25,27). The SMILES string of the molecule is O=C(Nc1ccc2c3c(cccc13)CC2)C1CCCN1S(=O)(=O)c1ccc(Cl)cc1. The van der Waals surface area contributed by atoms with Gasteiger partial charge in [0, 0.05) is 22.6 Å². The summed E-state index contributed by atoms with van der Waals surface area (Å²) in [5.74, 6) is -0.288. The predicted molar refractivity (Wildman–Crippen MR) is 118 cm³/mol. The van der Waals surface area contributed by atoms with Crippen LogP contribution in [0.1, 0.15) is 24.0 Å². The second-order valence-corrected chi connectivity index (χ2v) is 10.2. The number of carbonyl (C=O) groups excluding carboxylic acids is 1. The molecule has 1 heterocycles. The molecule has 0 saturated carbocycles. The Morgan fingerprint density at radius 1 is 1.00 bits per heavy atom. The van der Waals surface area contributed by atoms with E-state index in [0.717, 1.165) is 23.9 Å². The first-order valence-electron chi connectivity index (χ1n) is 10.1. The molecule has 3 aromatic carbocycles. The number of rotatable bonds is 4. The van der Waals surface area contributed by atoms with Gasteiger partial charge in [0.25, 0.3) is 0 Å². The molecule has 1 fully saturated rings. The van der Waals surface area contributed by atoms with Gasteiger partial charge < -0.3 is 5.32 Å². The van der Waals surface area contributed by atoms with E-state index in [9.17, 15) is 13.2 Å². The quantitative estimate of drug-likeness (QED) is 0.654. The van der Waals surface area contributed by atoms with Crippen LogP contribution in [-0.4, -0.2) is 31.2 Å². The molecule has 1 N–H and O–H groups in total. The topological polar surface area (TPSA) is 66.5 Å². The van der Waals surface area contributed by atoms with E-state index in [1.165, 1.54) is 33.0 Å². The number of sulfonamides is 1. The number of nitrogens with zero attached hydrogens (tertiary/aromatic N) is 1. The Morgan fingerprint density at radius 2 is 1.73 bits per heavy atom. The summed E-state index contributed by atoms with van der Waals surface area (Å²) in [5, 5.41) is 5.70. The molecule has 30 heavy (non-hydrogen) atoms. The molecule has 1 saturated heterocycles. The summed E-state index contributed by atoms with van der Waals surface area (Å²) in [5.41, 5.74) is 3.33. The van der Waals surface area contributed by atoms with Crippen molar-refractivity contribution in [3.05, 3.63) is 70.7 Å². The zero-order valence-electron chi connectivity index (χ0n) is 16.3. The highest BCUT2D eigenvalue weighted by Crippen LogP contribution is 2.35. The van der Waals surface area contributed by atoms with Crippen LogP contribution in [0, 0.1) is 0 Å². The van der Waals surface area contributed by atoms with E-state index in [1.54, 1.807) is 12.1 Å². The zero-order chi connectivity index (χ0) is 20.9. The van der Waals surface area contributed by atoms with Gasteiger partial charge in [-0.2, -0.15) is 4.31 Å². The Kier molecular flexibility index (Phi) is 4.81. The van der Waals surface area contributed by atoms with Gasteiger partial charge in [-0.25, -0.2) is 8.42 Å². The minimum atomic E-state index is -3.77. The molecule has 0 aromatic heterocycles. The van der Waals surface area contributed by atoms with Crippen LogP contribution >= 0.6 is 11.6 Å². The normalized spacial score (nSPS) is 18.8. The van der Waals surface area contributed by atoms with E-state index in [4.69, 9.17) is 11.6 Å². The molecule has 0 radical (unpaired) electrons. The van der Waals surface area contributed by atoms with Crippen LogP contribution in [-0.2, 0) is 27.7 Å². The fraction of sp³-hybridized carbons (Fsp3) is 0.261. The van der Waals surface area contributed by atoms with Crippen molar-refractivity contribution in [3.8, 4) is 0 Å². The highest BCUT2D eigenvalue weighted by molar-refractivity contribution is 7.89. The smallest absolute Gasteiger partial charge is 0.243 e. The van der Waals surface area contributed by atoms with Crippen molar-refractivity contribution < 1.29 is 13.2 Å². The lowest BCUT2D eigenvalue weighted by Gasteiger charge is -2.24. The zero-order valence-corrected chi connectivity index (χ0v) is 17.8. The van der Waals surface area contributed by atoms with E-state index in [-0.39, 0.29) is 10.8 Å². The molecule has 0 bridgehead atoms. The van der Waals surface area contributed by atoms with Gasteiger partial charge in [0.2, 0.25) is 15.9 Å². The van der Waals surface area contributed by atoms with Gasteiger partial charge in [-0.1, -0.05) is 35.9 Å². The number of aryl methyl sites for hydroxylation is 2. The van der Waals surface area contributed by atoms with Gasteiger partial charge in [0.05, 0.1) is 4.90 Å². The average Bonchev–Trinajstić information content (AvgIpc) is 3.39. The fourth-order valence-electron chi connectivity index (χ4n) is 4.60. The highest BCUT2D eigenvalue weighted by atomic mass is 35.5. The van der Waals surface area contributed by atoms with Crippen molar-refractivity contribution in [3.63, 3.8) is 0 Å². The maximum atomic E-state index is 13.1. The molecule has 1 unspecified atom stereocenters. The summed E-state index contributed by atoms with van der Waals surface area (Å²) in [7, 11) is -3.77. The summed E-state index contributed by atoms with van der Waals surface area (Å²) in [4.78, 5) is 13.3. The van der Waals surface area contributed by atoms with Crippen LogP contribution in [0.3, 0.4) is 0 Å². The van der Waals surface area contributed by atoms with Crippen molar-refractivity contribution in [2.24, 2.45) is 0 Å². The van der Waals surface area contributed by atoms with Gasteiger partial charge in [0.1, 0.15) is 6.04 Å². The first-order valence-corrected chi connectivity index (χ1v) is 11.9. The fourth-order valence-corrected chi connectivity index (χ4v) is 6.39. The Labute approximate surface area is 180 Å². The number of carbonyl (C=O) groups is 1. The van der Waals surface area contributed by atoms with Gasteiger partial charge in [-0.3, -0.25) is 4.79 Å². The predicted octanol–water partition coefficient (Wildman–Crippen LogP) is 4.38. The van der Waals surface area contributed by atoms with Gasteiger partial charge >= 0.3 is 0 Å². The number of nitrogens with one attached hydrogen (secondary N) is 1. The minimum Gasteiger partial charge on any atom is -0.324 e. The van der Waals surface area contributed by atoms with Gasteiger partial charge in [0.15, 0.2) is 0 Å². The number of hydrogen-bond acceptors (Lipinski definition) is 3. The van der Waals surface area contributed by atoms with E-state index < -0.39 is 16.1 Å². The molecule has 1 aliphatic carbocycles. The van der Waals surface area contributed by atoms with Gasteiger partial charge in [-0.05, 0) is 72.5 Å². The summed E-state index contributed by atoms with van der Waals surface area (Å²) in [6.45, 7) is 0.326. The Morgan fingerprint density at radius 3 is 2.50 bits per heavy atom. The monoisotopic (exact) mass is 440 g/mol. The Hall–Kier alpha value is -2.41. The number of hydrogen-bond donors (Lipinski definition) is 1. The lowest BCUT2D eigenvalue weighted by molar-refractivity contribution is -0.119. The third-order valence-electron chi connectivity index (χ3n) is 6.06. The molecule has 1 amide bonds. The van der Waals surface area contributed by atoms with Crippen LogP contribution in [0.4, 0.5) is 5.69 Å². The number of benzene rings is 3. The van der Waals surface area contributed by atoms with Crippen LogP contribution < -0.4 is 5.32 Å². The molecule has 154 valence electrons. The third kappa shape index (κ3) is 3.20. The third-order valence-corrected chi connectivity index (χ3v) is 8.24. The van der Waals surface area contributed by atoms with Crippen LogP contribution in [0.5, 0.6) is 0 Å². The first kappa shape index (κ1) is 19.5. The van der Waals surface area contributed by atoms with Crippen molar-refractivity contribution >= 4 is 44.0 Å².